The van der Waals surface area contributed by atoms with Gasteiger partial charge in [0.05, 0.1) is 5.71 Å². The van der Waals surface area contributed by atoms with Crippen molar-refractivity contribution in [3.63, 3.8) is 0 Å². The molecule has 1 rings (SSSR count). The van der Waals surface area contributed by atoms with Gasteiger partial charge in [-0.25, -0.2) is 0 Å². The van der Waals surface area contributed by atoms with E-state index in [0.29, 0.717) is 5.71 Å². The topological polar surface area (TPSA) is 72.4 Å². The van der Waals surface area contributed by atoms with E-state index in [1.807, 2.05) is 32.1 Å². The predicted octanol–water partition coefficient (Wildman–Crippen LogP) is 1.80. The van der Waals surface area contributed by atoms with Crippen LogP contribution in [0.1, 0.15) is 13.8 Å². The quantitative estimate of drug-likeness (QED) is 0.226. The van der Waals surface area contributed by atoms with E-state index in [-0.39, 0.29) is 21.1 Å². The van der Waals surface area contributed by atoms with Crippen LogP contribution >= 0.6 is 0 Å². The molecule has 0 unspecified atom stereocenters. The summed E-state index contributed by atoms with van der Waals surface area (Å²) in [5.74, 6) is 0. The molecule has 0 heterocycles. The van der Waals surface area contributed by atoms with Gasteiger partial charge in [0.1, 0.15) is 0 Å². The Bertz CT molecular complexity index is 145. The van der Waals surface area contributed by atoms with Crippen LogP contribution < -0.4 is 0 Å². The Balaban J connectivity index is -0.0000000580. The SMILES string of the molecule is CC(C)=NO.[C-]#[O+].[C-]#[O+].[CH]1[CH][CH][CH][CH]1.[W+2]. The second kappa shape index (κ2) is 29.2. The van der Waals surface area contributed by atoms with Crippen LogP contribution in [0.25, 0.3) is 0 Å². The maximum Gasteiger partial charge on any atom is 2.00 e. The Morgan fingerprint density at radius 2 is 1.07 bits per heavy atom. The molecule has 0 aromatic heterocycles. The Morgan fingerprint density at radius 1 is 0.933 bits per heavy atom. The molecule has 5 heteroatoms. The number of oxime groups is 1. The third-order valence-corrected chi connectivity index (χ3v) is 0.756. The average molecular weight is 378 g/mol. The fourth-order valence-electron chi connectivity index (χ4n) is 0.321. The zero-order chi connectivity index (χ0) is 11.8. The molecule has 79 valence electrons. The first kappa shape index (κ1) is 24.1. The van der Waals surface area contributed by atoms with Gasteiger partial charge in [0, 0.05) is 0 Å². The van der Waals surface area contributed by atoms with Gasteiger partial charge in [0.15, 0.2) is 0 Å². The van der Waals surface area contributed by atoms with E-state index >= 15 is 0 Å². The zero-order valence-corrected chi connectivity index (χ0v) is 11.4. The summed E-state index contributed by atoms with van der Waals surface area (Å²) >= 11 is 0. The van der Waals surface area contributed by atoms with Gasteiger partial charge in [-0.3, -0.25) is 0 Å². The average Bonchev–Trinajstić information content (AvgIpc) is 2.82. The third-order valence-electron chi connectivity index (χ3n) is 0.756. The fraction of sp³-hybridized carbons (Fsp3) is 0.200. The first-order valence-electron chi connectivity index (χ1n) is 3.50. The van der Waals surface area contributed by atoms with E-state index in [2.05, 4.69) is 18.5 Å². The van der Waals surface area contributed by atoms with Gasteiger partial charge in [-0.1, -0.05) is 5.16 Å². The van der Waals surface area contributed by atoms with E-state index in [1.54, 1.807) is 13.8 Å². The number of hydrogen-bond donors (Lipinski definition) is 1. The predicted molar refractivity (Wildman–Crippen MR) is 49.9 cm³/mol. The molecule has 0 aromatic rings. The second-order valence-electron chi connectivity index (χ2n) is 2.01. The maximum atomic E-state index is 7.73. The van der Waals surface area contributed by atoms with Gasteiger partial charge in [-0.05, 0) is 46.0 Å². The fourth-order valence-corrected chi connectivity index (χ4v) is 0.321. The molecule has 0 aromatic carbocycles. The van der Waals surface area contributed by atoms with Crippen molar-refractivity contribution in [1.29, 1.82) is 0 Å². The molecule has 0 atom stereocenters. The first-order valence-corrected chi connectivity index (χ1v) is 3.50. The molecule has 1 fully saturated rings. The van der Waals surface area contributed by atoms with E-state index in [0.717, 1.165) is 0 Å². The van der Waals surface area contributed by atoms with Gasteiger partial charge in [-0.15, -0.1) is 0 Å². The van der Waals surface area contributed by atoms with Gasteiger partial charge in [0.2, 0.25) is 0 Å². The molecular weight excluding hydrogens is 366 g/mol. The van der Waals surface area contributed by atoms with Crippen molar-refractivity contribution in [2.45, 2.75) is 13.8 Å². The molecule has 0 saturated heterocycles. The maximum absolute atomic E-state index is 7.73. The Hall–Kier alpha value is -0.362. The molecule has 1 aliphatic carbocycles. The standard InChI is InChI=1S/C5H5.C3H7NO.2CO.W/c1-2-4-5-3-1;1-3(2)4-5;2*1-2;/h1-5H;5H,1-2H3;;;/q;;;;+2. The molecule has 0 amide bonds. The van der Waals surface area contributed by atoms with E-state index < -0.39 is 0 Å². The molecule has 0 bridgehead atoms. The molecular formula is C10H12NO3W+2. The Kier molecular flexibility index (Phi) is 46.8. The zero-order valence-electron chi connectivity index (χ0n) is 8.51. The minimum atomic E-state index is 0. The summed E-state index contributed by atoms with van der Waals surface area (Å²) in [4.78, 5) is 0. The first-order chi connectivity index (χ1) is 6.77. The van der Waals surface area contributed by atoms with E-state index in [4.69, 9.17) is 14.5 Å². The molecule has 5 radical (unpaired) electrons. The van der Waals surface area contributed by atoms with Crippen LogP contribution in [0.2, 0.25) is 0 Å². The van der Waals surface area contributed by atoms with Crippen molar-refractivity contribution in [3.05, 3.63) is 45.4 Å². The van der Waals surface area contributed by atoms with Gasteiger partial charge in [0.25, 0.3) is 0 Å². The third kappa shape index (κ3) is 41.9. The number of nitrogens with zero attached hydrogens (tertiary/aromatic N) is 1. The van der Waals surface area contributed by atoms with Gasteiger partial charge < -0.3 is 5.21 Å². The molecule has 0 aliphatic heterocycles. The minimum absolute atomic E-state index is 0. The van der Waals surface area contributed by atoms with Crippen molar-refractivity contribution in [1.82, 2.24) is 0 Å². The molecule has 1 aliphatic rings. The van der Waals surface area contributed by atoms with Gasteiger partial charge in [-0.2, -0.15) is 0 Å². The van der Waals surface area contributed by atoms with E-state index in [1.165, 1.54) is 0 Å². The van der Waals surface area contributed by atoms with Crippen LogP contribution in [0.3, 0.4) is 0 Å². The molecule has 1 saturated carbocycles. The van der Waals surface area contributed by atoms with E-state index in [9.17, 15) is 0 Å². The van der Waals surface area contributed by atoms with Crippen LogP contribution in [-0.4, -0.2) is 10.9 Å². The molecule has 0 spiro atoms. The molecule has 1 N–H and O–H groups in total. The van der Waals surface area contributed by atoms with Crippen LogP contribution in [0.15, 0.2) is 5.16 Å². The summed E-state index contributed by atoms with van der Waals surface area (Å²) in [5.41, 5.74) is 0.685. The normalized spacial score (nSPS) is 10.5. The number of hydrogen-bond acceptors (Lipinski definition) is 2. The van der Waals surface area contributed by atoms with Crippen LogP contribution in [0, 0.1) is 45.4 Å². The van der Waals surface area contributed by atoms with Crippen molar-refractivity contribution in [3.8, 4) is 0 Å². The Morgan fingerprint density at radius 3 is 1.13 bits per heavy atom. The molecule has 4 nitrogen and oxygen atoms in total. The summed E-state index contributed by atoms with van der Waals surface area (Å²) in [6.45, 7) is 12.4. The summed E-state index contributed by atoms with van der Waals surface area (Å²) in [6, 6.07) is 0. The van der Waals surface area contributed by atoms with Crippen molar-refractivity contribution >= 4 is 5.71 Å². The van der Waals surface area contributed by atoms with Crippen LogP contribution in [-0.2, 0) is 30.4 Å². The summed E-state index contributed by atoms with van der Waals surface area (Å²) in [7, 11) is 0. The summed E-state index contributed by atoms with van der Waals surface area (Å²) < 4.78 is 15.0. The molecule has 15 heavy (non-hydrogen) atoms. The van der Waals surface area contributed by atoms with Crippen LogP contribution in [0.5, 0.6) is 0 Å². The summed E-state index contributed by atoms with van der Waals surface area (Å²) in [5, 5.41) is 10.5. The monoisotopic (exact) mass is 378 g/mol. The van der Waals surface area contributed by atoms with Crippen molar-refractivity contribution in [2.24, 2.45) is 5.16 Å². The Labute approximate surface area is 106 Å². The van der Waals surface area contributed by atoms with Crippen molar-refractivity contribution in [2.75, 3.05) is 0 Å². The second-order valence-corrected chi connectivity index (χ2v) is 2.01. The smallest absolute Gasteiger partial charge is 0.0312 e. The minimum Gasteiger partial charge on any atom is -0.0312 e. The van der Waals surface area contributed by atoms with Crippen LogP contribution in [0.4, 0.5) is 0 Å². The van der Waals surface area contributed by atoms with Crippen molar-refractivity contribution < 1.29 is 35.6 Å². The number of rotatable bonds is 0. The largest absolute Gasteiger partial charge is 2.00 e. The summed E-state index contributed by atoms with van der Waals surface area (Å²) in [6.07, 6.45) is 10.0. The van der Waals surface area contributed by atoms with Gasteiger partial charge >= 0.3 is 43.7 Å².